The van der Waals surface area contributed by atoms with E-state index in [0.29, 0.717) is 9.99 Å². The number of benzene rings is 1. The predicted octanol–water partition coefficient (Wildman–Crippen LogP) is 2.34. The molecule has 0 saturated carbocycles. The molecule has 1 aromatic rings. The van der Waals surface area contributed by atoms with Crippen LogP contribution in [0.2, 0.25) is 0 Å². The lowest BCUT2D eigenvalue weighted by Gasteiger charge is -2.20. The van der Waals surface area contributed by atoms with Crippen LogP contribution in [0, 0.1) is 36.3 Å². The first-order valence-corrected chi connectivity index (χ1v) is 7.05. The molecule has 0 aliphatic rings. The van der Waals surface area contributed by atoms with Gasteiger partial charge in [-0.25, -0.2) is 0 Å². The van der Waals surface area contributed by atoms with Crippen molar-refractivity contribution < 1.29 is 9.66 Å². The lowest BCUT2D eigenvalue weighted by atomic mass is 10.0. The molecule has 7 nitrogen and oxygen atoms in total. The van der Waals surface area contributed by atoms with Gasteiger partial charge in [0.25, 0.3) is 0 Å². The number of hydrogen-bond acceptors (Lipinski definition) is 6. The molecule has 0 aromatic heterocycles. The third-order valence-electron chi connectivity index (χ3n) is 3.00. The summed E-state index contributed by atoms with van der Waals surface area (Å²) in [5.74, 6) is 0.121. The number of nitro groups is 1. The van der Waals surface area contributed by atoms with E-state index in [1.165, 1.54) is 12.1 Å². The van der Waals surface area contributed by atoms with Gasteiger partial charge in [-0.05, 0) is 42.6 Å². The fraction of sp³-hybridized carbons (Fsp3) is 0.385. The lowest BCUT2D eigenvalue weighted by Crippen LogP contribution is -2.39. The number of nitrogens with zero attached hydrogens (tertiary/aromatic N) is 3. The minimum Gasteiger partial charge on any atom is -0.486 e. The first-order chi connectivity index (χ1) is 9.86. The van der Waals surface area contributed by atoms with Gasteiger partial charge in [-0.15, -0.1) is 0 Å². The van der Waals surface area contributed by atoms with E-state index in [-0.39, 0.29) is 23.6 Å². The third-order valence-corrected chi connectivity index (χ3v) is 3.80. The molecule has 0 spiro atoms. The summed E-state index contributed by atoms with van der Waals surface area (Å²) in [4.78, 5) is 10.5. The van der Waals surface area contributed by atoms with E-state index >= 15 is 0 Å². The van der Waals surface area contributed by atoms with Crippen molar-refractivity contribution in [3.8, 4) is 17.9 Å². The Balaban J connectivity index is 2.97. The number of nitro benzene ring substituents is 1. The summed E-state index contributed by atoms with van der Waals surface area (Å²) in [6.45, 7) is 1.86. The van der Waals surface area contributed by atoms with Crippen molar-refractivity contribution in [2.45, 2.75) is 18.9 Å². The van der Waals surface area contributed by atoms with Crippen LogP contribution in [0.3, 0.4) is 0 Å². The van der Waals surface area contributed by atoms with Crippen LogP contribution < -0.4 is 10.1 Å². The second-order valence-corrected chi connectivity index (χ2v) is 5.63. The number of halogens is 1. The average Bonchev–Trinajstić information content (AvgIpc) is 2.47. The third kappa shape index (κ3) is 4.28. The maximum absolute atomic E-state index is 11.1. The van der Waals surface area contributed by atoms with Crippen LogP contribution in [-0.2, 0) is 0 Å². The highest BCUT2D eigenvalue weighted by molar-refractivity contribution is 14.1. The van der Waals surface area contributed by atoms with Gasteiger partial charge in [-0.2, -0.15) is 10.5 Å². The highest BCUT2D eigenvalue weighted by Crippen LogP contribution is 2.33. The highest BCUT2D eigenvalue weighted by Gasteiger charge is 2.24. The maximum atomic E-state index is 11.1. The van der Waals surface area contributed by atoms with Crippen molar-refractivity contribution in [3.63, 3.8) is 0 Å². The molecule has 0 heterocycles. The normalized spacial score (nSPS) is 12.8. The average molecular weight is 400 g/mol. The minimum atomic E-state index is -0.757. The summed E-state index contributed by atoms with van der Waals surface area (Å²) in [5.41, 5.74) is -0.801. The van der Waals surface area contributed by atoms with Gasteiger partial charge in [-0.1, -0.05) is 0 Å². The topological polar surface area (TPSA) is 112 Å². The van der Waals surface area contributed by atoms with E-state index in [2.05, 4.69) is 11.4 Å². The van der Waals surface area contributed by atoms with E-state index in [4.69, 9.17) is 15.3 Å². The zero-order chi connectivity index (χ0) is 16.0. The van der Waals surface area contributed by atoms with Gasteiger partial charge in [0, 0.05) is 12.5 Å². The van der Waals surface area contributed by atoms with Crippen molar-refractivity contribution >= 4 is 28.3 Å². The first-order valence-electron chi connectivity index (χ1n) is 5.98. The Bertz CT molecular complexity index is 636. The number of ether oxygens (including phenoxy) is 1. The molecule has 1 aromatic carbocycles. The van der Waals surface area contributed by atoms with Gasteiger partial charge < -0.3 is 10.1 Å². The predicted molar refractivity (Wildman–Crippen MR) is 83.7 cm³/mol. The van der Waals surface area contributed by atoms with Crippen molar-refractivity contribution in [3.05, 3.63) is 31.4 Å². The summed E-state index contributed by atoms with van der Waals surface area (Å²) in [6, 6.07) is 6.68. The van der Waals surface area contributed by atoms with Crippen molar-refractivity contribution in [2.75, 3.05) is 13.7 Å². The summed E-state index contributed by atoms with van der Waals surface area (Å²) in [7, 11) is 1.66. The number of nitriles is 2. The van der Waals surface area contributed by atoms with Crippen LogP contribution in [0.25, 0.3) is 0 Å². The molecule has 8 heteroatoms. The Morgan fingerprint density at radius 2 is 2.19 bits per heavy atom. The van der Waals surface area contributed by atoms with E-state index in [9.17, 15) is 10.1 Å². The smallest absolute Gasteiger partial charge is 0.313 e. The molecule has 0 saturated heterocycles. The molecule has 0 radical (unpaired) electrons. The fourth-order valence-electron chi connectivity index (χ4n) is 1.52. The second kappa shape index (κ2) is 7.20. The van der Waals surface area contributed by atoms with Crippen LogP contribution >= 0.6 is 22.6 Å². The Hall–Kier alpha value is -1.91. The highest BCUT2D eigenvalue weighted by atomic mass is 127. The van der Waals surface area contributed by atoms with Gasteiger partial charge in [0.05, 0.1) is 32.8 Å². The molecule has 110 valence electrons. The molecule has 1 unspecified atom stereocenters. The summed E-state index contributed by atoms with van der Waals surface area (Å²) < 4.78 is 5.97. The largest absolute Gasteiger partial charge is 0.486 e. The fourth-order valence-corrected chi connectivity index (χ4v) is 2.28. The quantitative estimate of drug-likeness (QED) is 0.446. The summed E-state index contributed by atoms with van der Waals surface area (Å²) >= 11 is 1.89. The van der Waals surface area contributed by atoms with Gasteiger partial charge in [0.15, 0.2) is 0 Å². The van der Waals surface area contributed by atoms with Gasteiger partial charge >= 0.3 is 5.69 Å². The Kier molecular flexibility index (Phi) is 5.88. The van der Waals surface area contributed by atoms with Crippen molar-refractivity contribution in [1.29, 1.82) is 10.5 Å². The zero-order valence-corrected chi connectivity index (χ0v) is 13.7. The van der Waals surface area contributed by atoms with Crippen LogP contribution in [0.15, 0.2) is 12.1 Å². The zero-order valence-electron chi connectivity index (χ0n) is 11.5. The number of rotatable bonds is 6. The first kappa shape index (κ1) is 17.1. The molecule has 0 aliphatic heterocycles. The molecule has 1 rings (SSSR count). The summed E-state index contributed by atoms with van der Waals surface area (Å²) in [5, 5.41) is 31.8. The minimum absolute atomic E-state index is 0.121. The Morgan fingerprint density at radius 3 is 2.67 bits per heavy atom. The standard InChI is InChI=1S/C13H13IN4O3/c1-13(8-16,17-2)3-4-21-12-10(14)5-9(7-15)6-11(12)18(19)20/h5-6,17H,3-4H2,1-2H3. The molecule has 0 aliphatic carbocycles. The van der Waals surface area contributed by atoms with Crippen LogP contribution in [0.5, 0.6) is 5.75 Å². The SMILES string of the molecule is CNC(C)(C#N)CCOc1c(I)cc(C#N)cc1[N+](=O)[O-]. The van der Waals surface area contributed by atoms with Crippen LogP contribution in [-0.4, -0.2) is 24.1 Å². The molecular weight excluding hydrogens is 387 g/mol. The maximum Gasteiger partial charge on any atom is 0.313 e. The van der Waals surface area contributed by atoms with Crippen LogP contribution in [0.1, 0.15) is 18.9 Å². The molecular formula is C13H13IN4O3. The van der Waals surface area contributed by atoms with E-state index < -0.39 is 10.5 Å². The molecule has 1 atom stereocenters. The Morgan fingerprint density at radius 1 is 1.52 bits per heavy atom. The summed E-state index contributed by atoms with van der Waals surface area (Å²) in [6.07, 6.45) is 0.368. The molecule has 1 N–H and O–H groups in total. The molecule has 0 amide bonds. The van der Waals surface area contributed by atoms with Crippen molar-refractivity contribution in [1.82, 2.24) is 5.32 Å². The molecule has 0 bridgehead atoms. The van der Waals surface area contributed by atoms with Crippen LogP contribution in [0.4, 0.5) is 5.69 Å². The van der Waals surface area contributed by atoms with Crippen molar-refractivity contribution in [2.24, 2.45) is 0 Å². The lowest BCUT2D eigenvalue weighted by molar-refractivity contribution is -0.386. The number of nitrogens with one attached hydrogen (secondary N) is 1. The monoisotopic (exact) mass is 400 g/mol. The van der Waals surface area contributed by atoms with Gasteiger partial charge in [0.2, 0.25) is 5.75 Å². The van der Waals surface area contributed by atoms with Gasteiger partial charge in [0.1, 0.15) is 5.54 Å². The Labute approximate surface area is 135 Å². The van der Waals surface area contributed by atoms with E-state index in [1.807, 2.05) is 28.7 Å². The van der Waals surface area contributed by atoms with Gasteiger partial charge in [-0.3, -0.25) is 10.1 Å². The number of hydrogen-bond donors (Lipinski definition) is 1. The molecule has 0 fully saturated rings. The van der Waals surface area contributed by atoms with E-state index in [0.717, 1.165) is 0 Å². The van der Waals surface area contributed by atoms with E-state index in [1.54, 1.807) is 14.0 Å². The second-order valence-electron chi connectivity index (χ2n) is 4.47. The molecule has 21 heavy (non-hydrogen) atoms.